The number of carbonyl (C=O) groups is 2. The fourth-order valence-electron chi connectivity index (χ4n) is 4.84. The summed E-state index contributed by atoms with van der Waals surface area (Å²) in [6.45, 7) is 9.57. The summed E-state index contributed by atoms with van der Waals surface area (Å²) in [4.78, 5) is 25.6. The topological polar surface area (TPSA) is 76.4 Å². The molecule has 0 aromatic rings. The summed E-state index contributed by atoms with van der Waals surface area (Å²) >= 11 is 0. The van der Waals surface area contributed by atoms with Gasteiger partial charge in [-0.2, -0.15) is 5.26 Å². The first kappa shape index (κ1) is 24.5. The monoisotopic (exact) mass is 393 g/mol. The van der Waals surface area contributed by atoms with Gasteiger partial charge in [0.05, 0.1) is 24.7 Å². The van der Waals surface area contributed by atoms with E-state index in [1.165, 1.54) is 38.5 Å². The molecule has 0 spiro atoms. The zero-order chi connectivity index (χ0) is 21.3. The number of rotatable bonds is 14. The van der Waals surface area contributed by atoms with Crippen molar-refractivity contribution in [2.24, 2.45) is 16.2 Å². The molecule has 1 aliphatic rings. The lowest BCUT2D eigenvalue weighted by molar-refractivity contribution is -0.167. The molecule has 1 rings (SSSR count). The molecule has 0 aromatic carbocycles. The second kappa shape index (κ2) is 10.8. The standard InChI is InChI=1S/C23H39NO4/c1-6-9-10-11-12-13-14-15-16-17-21(4)22(5,18-24)23(21,19(25)27-7-2)20(26)28-8-3/h6-17H2,1-5H3. The van der Waals surface area contributed by atoms with E-state index >= 15 is 0 Å². The molecule has 0 heterocycles. The Balaban J connectivity index is 2.72. The fourth-order valence-corrected chi connectivity index (χ4v) is 4.84. The molecule has 5 nitrogen and oxygen atoms in total. The Morgan fingerprint density at radius 1 is 0.786 bits per heavy atom. The third kappa shape index (κ3) is 4.21. The summed E-state index contributed by atoms with van der Waals surface area (Å²) in [7, 11) is 0. The molecule has 0 aromatic heterocycles. The van der Waals surface area contributed by atoms with Gasteiger partial charge in [0, 0.05) is 5.41 Å². The summed E-state index contributed by atoms with van der Waals surface area (Å²) in [6, 6.07) is 2.25. The predicted molar refractivity (Wildman–Crippen MR) is 109 cm³/mol. The highest BCUT2D eigenvalue weighted by Gasteiger charge is 2.91. The normalized spacial score (nSPS) is 25.0. The third-order valence-corrected chi connectivity index (χ3v) is 6.79. The predicted octanol–water partition coefficient (Wildman–Crippen LogP) is 5.57. The number of hydrogen-bond acceptors (Lipinski definition) is 5. The van der Waals surface area contributed by atoms with Gasteiger partial charge in [0.25, 0.3) is 0 Å². The van der Waals surface area contributed by atoms with Crippen LogP contribution in [-0.2, 0) is 19.1 Å². The number of hydrogen-bond donors (Lipinski definition) is 0. The molecule has 5 heteroatoms. The first-order valence-corrected chi connectivity index (χ1v) is 11.1. The van der Waals surface area contributed by atoms with Crippen LogP contribution >= 0.6 is 0 Å². The van der Waals surface area contributed by atoms with Crippen LogP contribution in [0.4, 0.5) is 0 Å². The van der Waals surface area contributed by atoms with Crippen LogP contribution in [0.5, 0.6) is 0 Å². The molecule has 0 bridgehead atoms. The summed E-state index contributed by atoms with van der Waals surface area (Å²) in [6.07, 6.45) is 11.4. The van der Waals surface area contributed by atoms with Crippen LogP contribution in [0.1, 0.15) is 98.8 Å². The maximum Gasteiger partial charge on any atom is 0.325 e. The molecule has 0 radical (unpaired) electrons. The fraction of sp³-hybridized carbons (Fsp3) is 0.870. The van der Waals surface area contributed by atoms with Crippen molar-refractivity contribution in [3.05, 3.63) is 0 Å². The molecule has 0 saturated heterocycles. The van der Waals surface area contributed by atoms with Crippen molar-refractivity contribution in [3.63, 3.8) is 0 Å². The van der Waals surface area contributed by atoms with Crippen LogP contribution in [0.25, 0.3) is 0 Å². The molecular formula is C23H39NO4. The van der Waals surface area contributed by atoms with E-state index in [1.54, 1.807) is 20.8 Å². The van der Waals surface area contributed by atoms with Crippen LogP contribution in [0.15, 0.2) is 0 Å². The Labute approximate surface area is 171 Å². The van der Waals surface area contributed by atoms with Gasteiger partial charge < -0.3 is 9.47 Å². The van der Waals surface area contributed by atoms with Gasteiger partial charge in [0.2, 0.25) is 0 Å². The maximum absolute atomic E-state index is 12.8. The lowest BCUT2D eigenvalue weighted by Gasteiger charge is -2.19. The van der Waals surface area contributed by atoms with E-state index in [1.807, 2.05) is 6.92 Å². The molecule has 1 saturated carbocycles. The van der Waals surface area contributed by atoms with E-state index in [2.05, 4.69) is 13.0 Å². The maximum atomic E-state index is 12.8. The molecular weight excluding hydrogens is 354 g/mol. The lowest BCUT2D eigenvalue weighted by atomic mass is 9.88. The number of nitriles is 1. The van der Waals surface area contributed by atoms with Gasteiger partial charge in [-0.25, -0.2) is 0 Å². The smallest absolute Gasteiger partial charge is 0.325 e. The van der Waals surface area contributed by atoms with Crippen molar-refractivity contribution in [1.29, 1.82) is 5.26 Å². The SMILES string of the molecule is CCCCCCCCCCCC1(C)C(C)(C#N)C1(C(=O)OCC)C(=O)OCC. The number of ether oxygens (including phenoxy) is 2. The minimum atomic E-state index is -1.51. The van der Waals surface area contributed by atoms with E-state index in [0.717, 1.165) is 19.3 Å². The highest BCUT2D eigenvalue weighted by Crippen LogP contribution is 2.80. The van der Waals surface area contributed by atoms with E-state index in [9.17, 15) is 14.9 Å². The van der Waals surface area contributed by atoms with Gasteiger partial charge >= 0.3 is 11.9 Å². The van der Waals surface area contributed by atoms with Crippen molar-refractivity contribution in [1.82, 2.24) is 0 Å². The molecule has 0 N–H and O–H groups in total. The minimum absolute atomic E-state index is 0.176. The summed E-state index contributed by atoms with van der Waals surface area (Å²) in [5.74, 6) is -1.23. The number of carbonyl (C=O) groups excluding carboxylic acids is 2. The molecule has 0 aliphatic heterocycles. The van der Waals surface area contributed by atoms with Gasteiger partial charge in [-0.15, -0.1) is 0 Å². The van der Waals surface area contributed by atoms with Crippen LogP contribution in [0, 0.1) is 27.6 Å². The van der Waals surface area contributed by atoms with E-state index < -0.39 is 28.2 Å². The van der Waals surface area contributed by atoms with Crippen molar-refractivity contribution in [2.45, 2.75) is 98.8 Å². The zero-order valence-corrected chi connectivity index (χ0v) is 18.6. The summed E-state index contributed by atoms with van der Waals surface area (Å²) in [5.41, 5.74) is -3.37. The first-order valence-electron chi connectivity index (χ1n) is 11.1. The highest BCUT2D eigenvalue weighted by molar-refractivity contribution is 6.07. The van der Waals surface area contributed by atoms with Crippen LogP contribution in [-0.4, -0.2) is 25.2 Å². The average Bonchev–Trinajstić information content (AvgIpc) is 3.12. The lowest BCUT2D eigenvalue weighted by Crippen LogP contribution is -2.36. The summed E-state index contributed by atoms with van der Waals surface area (Å²) < 4.78 is 10.5. The number of nitrogens with zero attached hydrogens (tertiary/aromatic N) is 1. The Kier molecular flexibility index (Phi) is 9.47. The molecule has 1 aliphatic carbocycles. The van der Waals surface area contributed by atoms with Gasteiger partial charge in [-0.3, -0.25) is 9.59 Å². The Morgan fingerprint density at radius 2 is 1.21 bits per heavy atom. The van der Waals surface area contributed by atoms with Crippen LogP contribution < -0.4 is 0 Å². The minimum Gasteiger partial charge on any atom is -0.465 e. The number of esters is 2. The molecule has 28 heavy (non-hydrogen) atoms. The van der Waals surface area contributed by atoms with Gasteiger partial charge in [0.15, 0.2) is 5.41 Å². The number of unbranched alkanes of at least 4 members (excludes halogenated alkanes) is 8. The van der Waals surface area contributed by atoms with Gasteiger partial charge in [0.1, 0.15) is 0 Å². The van der Waals surface area contributed by atoms with Crippen molar-refractivity contribution in [2.75, 3.05) is 13.2 Å². The second-order valence-corrected chi connectivity index (χ2v) is 8.34. The van der Waals surface area contributed by atoms with Crippen LogP contribution in [0.3, 0.4) is 0 Å². The van der Waals surface area contributed by atoms with E-state index in [4.69, 9.17) is 9.47 Å². The van der Waals surface area contributed by atoms with E-state index in [-0.39, 0.29) is 13.2 Å². The second-order valence-electron chi connectivity index (χ2n) is 8.34. The van der Waals surface area contributed by atoms with Gasteiger partial charge in [-0.1, -0.05) is 71.6 Å². The first-order chi connectivity index (χ1) is 13.3. The largest absolute Gasteiger partial charge is 0.465 e. The van der Waals surface area contributed by atoms with Crippen LogP contribution in [0.2, 0.25) is 0 Å². The van der Waals surface area contributed by atoms with E-state index in [0.29, 0.717) is 6.42 Å². The van der Waals surface area contributed by atoms with Gasteiger partial charge in [-0.05, 0) is 27.2 Å². The highest BCUT2D eigenvalue weighted by atomic mass is 16.6. The molecule has 2 atom stereocenters. The average molecular weight is 394 g/mol. The van der Waals surface area contributed by atoms with Crippen molar-refractivity contribution < 1.29 is 19.1 Å². The molecule has 0 amide bonds. The Morgan fingerprint density at radius 3 is 1.61 bits per heavy atom. The Bertz CT molecular complexity index is 549. The third-order valence-electron chi connectivity index (χ3n) is 6.79. The molecule has 1 fully saturated rings. The molecule has 160 valence electrons. The van der Waals surface area contributed by atoms with Crippen molar-refractivity contribution in [3.8, 4) is 6.07 Å². The summed E-state index contributed by atoms with van der Waals surface area (Å²) in [5, 5.41) is 9.85. The quantitative estimate of drug-likeness (QED) is 0.219. The van der Waals surface area contributed by atoms with Crippen molar-refractivity contribution >= 4 is 11.9 Å². The zero-order valence-electron chi connectivity index (χ0n) is 18.6. The molecule has 2 unspecified atom stereocenters. The Hall–Kier alpha value is -1.57.